The van der Waals surface area contributed by atoms with Crippen LogP contribution in [0.5, 0.6) is 0 Å². The zero-order chi connectivity index (χ0) is 31.5. The molecule has 0 unspecified atom stereocenters. The summed E-state index contributed by atoms with van der Waals surface area (Å²) in [5.41, 5.74) is 10.5. The van der Waals surface area contributed by atoms with Gasteiger partial charge in [0.15, 0.2) is 0 Å². The molecule has 0 atom stereocenters. The zero-order valence-corrected chi connectivity index (χ0v) is 26.9. The Hall–Kier alpha value is -3.76. The molecule has 10 nitrogen and oxygen atoms in total. The molecule has 2 aromatic carbocycles. The minimum Gasteiger partial charge on any atom is -0.307 e. The fraction of sp³-hybridized carbons (Fsp3) is 0.515. The van der Waals surface area contributed by atoms with E-state index >= 15 is 0 Å². The van der Waals surface area contributed by atoms with Crippen molar-refractivity contribution in [3.63, 3.8) is 0 Å². The summed E-state index contributed by atoms with van der Waals surface area (Å²) in [6.45, 7) is 17.1. The molecule has 2 aromatic rings. The van der Waals surface area contributed by atoms with Crippen molar-refractivity contribution in [1.29, 1.82) is 0 Å². The summed E-state index contributed by atoms with van der Waals surface area (Å²) in [7, 11) is 0. The number of piperidine rings is 2. The number of nitrogens with one attached hydrogen (secondary N) is 6. The molecule has 0 radical (unpaired) electrons. The van der Waals surface area contributed by atoms with Crippen LogP contribution >= 0.6 is 0 Å². The fourth-order valence-electron chi connectivity index (χ4n) is 6.56. The van der Waals surface area contributed by atoms with E-state index in [1.807, 2.05) is 48.5 Å². The summed E-state index contributed by atoms with van der Waals surface area (Å²) in [6.07, 6.45) is 3.83. The Balaban J connectivity index is 1.24. The predicted molar refractivity (Wildman–Crippen MR) is 176 cm³/mol. The first-order valence-corrected chi connectivity index (χ1v) is 15.0. The Kier molecular flexibility index (Phi) is 9.32. The number of benzene rings is 2. The number of hydrogen-bond acceptors (Lipinski definition) is 6. The molecule has 4 amide bonds. The van der Waals surface area contributed by atoms with Gasteiger partial charge in [-0.2, -0.15) is 10.2 Å². The molecule has 6 N–H and O–H groups in total. The van der Waals surface area contributed by atoms with Gasteiger partial charge < -0.3 is 21.3 Å². The first-order chi connectivity index (χ1) is 20.0. The summed E-state index contributed by atoms with van der Waals surface area (Å²) in [4.78, 5) is 24.9. The second-order valence-electron chi connectivity index (χ2n) is 14.6. The van der Waals surface area contributed by atoms with Crippen LogP contribution in [0.25, 0.3) is 0 Å². The highest BCUT2D eigenvalue weighted by Crippen LogP contribution is 2.27. The number of hydrogen-bond donors (Lipinski definition) is 6. The van der Waals surface area contributed by atoms with Crippen molar-refractivity contribution < 1.29 is 9.59 Å². The van der Waals surface area contributed by atoms with Crippen molar-refractivity contribution in [3.8, 4) is 0 Å². The van der Waals surface area contributed by atoms with Gasteiger partial charge >= 0.3 is 12.1 Å². The maximum absolute atomic E-state index is 12.4. The van der Waals surface area contributed by atoms with E-state index in [1.165, 1.54) is 0 Å². The highest BCUT2D eigenvalue weighted by Gasteiger charge is 2.36. The van der Waals surface area contributed by atoms with Crippen LogP contribution in [0.4, 0.5) is 21.0 Å². The smallest absolute Gasteiger partial charge is 0.307 e. The van der Waals surface area contributed by atoms with Crippen LogP contribution in [-0.2, 0) is 6.42 Å². The lowest BCUT2D eigenvalue weighted by molar-refractivity contribution is 0.246. The van der Waals surface area contributed by atoms with Crippen molar-refractivity contribution in [2.24, 2.45) is 10.2 Å². The normalized spacial score (nSPS) is 20.0. The van der Waals surface area contributed by atoms with Crippen molar-refractivity contribution in [1.82, 2.24) is 21.5 Å². The van der Waals surface area contributed by atoms with Gasteiger partial charge in [-0.15, -0.1) is 0 Å². The number of carbonyl (C=O) groups is 2. The van der Waals surface area contributed by atoms with Gasteiger partial charge in [-0.25, -0.2) is 20.4 Å². The first kappa shape index (κ1) is 32.2. The zero-order valence-electron chi connectivity index (χ0n) is 26.9. The Bertz CT molecular complexity index is 1230. The average Bonchev–Trinajstić information content (AvgIpc) is 2.85. The van der Waals surface area contributed by atoms with Crippen LogP contribution in [0.15, 0.2) is 58.7 Å². The van der Waals surface area contributed by atoms with Crippen molar-refractivity contribution in [3.05, 3.63) is 59.7 Å². The van der Waals surface area contributed by atoms with E-state index < -0.39 is 0 Å². The van der Waals surface area contributed by atoms with Crippen LogP contribution in [0, 0.1) is 0 Å². The maximum atomic E-state index is 12.4. The van der Waals surface area contributed by atoms with Gasteiger partial charge in [0.05, 0.1) is 0 Å². The van der Waals surface area contributed by atoms with Crippen LogP contribution in [0.1, 0.15) is 92.2 Å². The molecule has 0 saturated carbocycles. The lowest BCUT2D eigenvalue weighted by atomic mass is 9.81. The largest absolute Gasteiger partial charge is 0.339 e. The molecule has 0 bridgehead atoms. The van der Waals surface area contributed by atoms with E-state index in [1.54, 1.807) is 0 Å². The number of carbonyl (C=O) groups excluding carboxylic acids is 2. The SMILES string of the molecule is CC1(C)CC(=NNC(=O)Nc2ccc(Cc3ccc(NC(=O)NN=C4CC(C)(C)NC(C)(C)C4)cc3)cc2)CC(C)(C)N1. The van der Waals surface area contributed by atoms with Gasteiger partial charge in [0.25, 0.3) is 0 Å². The summed E-state index contributed by atoms with van der Waals surface area (Å²) in [5, 5.41) is 21.7. The molecule has 2 aliphatic heterocycles. The summed E-state index contributed by atoms with van der Waals surface area (Å²) >= 11 is 0. The minimum atomic E-state index is -0.364. The maximum Gasteiger partial charge on any atom is 0.339 e. The molecule has 0 aliphatic carbocycles. The van der Waals surface area contributed by atoms with E-state index in [2.05, 4.69) is 97.7 Å². The molecule has 0 spiro atoms. The average molecular weight is 589 g/mol. The highest BCUT2D eigenvalue weighted by atomic mass is 16.2. The Morgan fingerprint density at radius 1 is 0.581 bits per heavy atom. The third kappa shape index (κ3) is 10.2. The summed E-state index contributed by atoms with van der Waals surface area (Å²) < 4.78 is 0. The number of amides is 4. The van der Waals surface area contributed by atoms with Gasteiger partial charge in [0, 0.05) is 70.6 Å². The molecule has 2 saturated heterocycles. The molecule has 2 aliphatic rings. The van der Waals surface area contributed by atoms with E-state index in [-0.39, 0.29) is 34.2 Å². The third-order valence-electron chi connectivity index (χ3n) is 7.40. The lowest BCUT2D eigenvalue weighted by Crippen LogP contribution is -2.58. The number of urea groups is 2. The first-order valence-electron chi connectivity index (χ1n) is 15.0. The Labute approximate surface area is 255 Å². The van der Waals surface area contributed by atoms with Gasteiger partial charge in [-0.1, -0.05) is 24.3 Å². The lowest BCUT2D eigenvalue weighted by Gasteiger charge is -2.43. The van der Waals surface area contributed by atoms with Gasteiger partial charge in [0.1, 0.15) is 0 Å². The summed E-state index contributed by atoms with van der Waals surface area (Å²) in [6, 6.07) is 14.7. The van der Waals surface area contributed by atoms with Crippen LogP contribution < -0.4 is 32.1 Å². The quantitative estimate of drug-likeness (QED) is 0.227. The molecule has 0 aromatic heterocycles. The van der Waals surface area contributed by atoms with Crippen LogP contribution in [0.2, 0.25) is 0 Å². The molecule has 4 rings (SSSR count). The van der Waals surface area contributed by atoms with Crippen LogP contribution in [0.3, 0.4) is 0 Å². The van der Waals surface area contributed by atoms with Crippen LogP contribution in [-0.4, -0.2) is 45.6 Å². The molecule has 43 heavy (non-hydrogen) atoms. The highest BCUT2D eigenvalue weighted by molar-refractivity contribution is 5.93. The molecular weight excluding hydrogens is 540 g/mol. The van der Waals surface area contributed by atoms with Crippen molar-refractivity contribution in [2.75, 3.05) is 10.6 Å². The number of anilines is 2. The Morgan fingerprint density at radius 3 is 1.19 bits per heavy atom. The molecule has 232 valence electrons. The second kappa shape index (κ2) is 12.5. The number of nitrogens with zero attached hydrogens (tertiary/aromatic N) is 2. The molecule has 2 heterocycles. The predicted octanol–water partition coefficient (Wildman–Crippen LogP) is 6.11. The fourth-order valence-corrected chi connectivity index (χ4v) is 6.56. The van der Waals surface area contributed by atoms with Gasteiger partial charge in [0.2, 0.25) is 0 Å². The summed E-state index contributed by atoms with van der Waals surface area (Å²) in [5.74, 6) is 0. The number of rotatable bonds is 6. The molecule has 2 fully saturated rings. The third-order valence-corrected chi connectivity index (χ3v) is 7.40. The van der Waals surface area contributed by atoms with E-state index in [0.717, 1.165) is 54.7 Å². The molecule has 10 heteroatoms. The monoisotopic (exact) mass is 588 g/mol. The second-order valence-corrected chi connectivity index (χ2v) is 14.6. The van der Waals surface area contributed by atoms with Gasteiger partial charge in [-0.3, -0.25) is 0 Å². The Morgan fingerprint density at radius 2 is 0.884 bits per heavy atom. The minimum absolute atomic E-state index is 0.0718. The van der Waals surface area contributed by atoms with E-state index in [0.29, 0.717) is 11.4 Å². The van der Waals surface area contributed by atoms with E-state index in [9.17, 15) is 9.59 Å². The standard InChI is InChI=1S/C33H48N8O2/c1-30(2)18-26(19-31(3,4)40-30)36-38-28(42)34-24-13-9-22(10-14-24)17-23-11-15-25(16-12-23)35-29(43)39-37-27-20-32(5,6)41-33(7,8)21-27/h9-16,40-41H,17-21H2,1-8H3,(H2,34,38,42)(H2,35,39,43). The number of hydrazone groups is 2. The van der Waals surface area contributed by atoms with E-state index in [4.69, 9.17) is 0 Å². The molecular formula is C33H48N8O2. The van der Waals surface area contributed by atoms with Gasteiger partial charge in [-0.05, 0) is 97.2 Å². The topological polar surface area (TPSA) is 131 Å². The van der Waals surface area contributed by atoms with Crippen molar-refractivity contribution >= 4 is 34.9 Å². The van der Waals surface area contributed by atoms with Crippen molar-refractivity contribution in [2.45, 2.75) is 110 Å².